The number of aliphatic hydroxyl groups excluding tert-OH is 4. The van der Waals surface area contributed by atoms with E-state index in [2.05, 4.69) is 17.2 Å². The Balaban J connectivity index is 1.68. The zero-order valence-corrected chi connectivity index (χ0v) is 16.4. The molecular weight excluding hydrogens is 382 g/mol. The van der Waals surface area contributed by atoms with Crippen LogP contribution < -0.4 is 9.47 Å². The van der Waals surface area contributed by atoms with Gasteiger partial charge < -0.3 is 34.6 Å². The van der Waals surface area contributed by atoms with Gasteiger partial charge >= 0.3 is 0 Å². The van der Waals surface area contributed by atoms with E-state index in [1.54, 1.807) is 7.11 Å². The third-order valence-corrected chi connectivity index (χ3v) is 4.83. The molecule has 4 N–H and O–H groups in total. The third kappa shape index (κ3) is 4.68. The van der Waals surface area contributed by atoms with Crippen LogP contribution in [0.1, 0.15) is 30.8 Å². The summed E-state index contributed by atoms with van der Waals surface area (Å²) in [4.78, 5) is 0. The molecule has 1 aliphatic heterocycles. The van der Waals surface area contributed by atoms with Crippen LogP contribution in [0.4, 0.5) is 0 Å². The van der Waals surface area contributed by atoms with Crippen molar-refractivity contribution >= 4 is 0 Å². The lowest BCUT2D eigenvalue weighted by Gasteiger charge is -2.39. The van der Waals surface area contributed by atoms with Crippen molar-refractivity contribution < 1.29 is 34.6 Å². The summed E-state index contributed by atoms with van der Waals surface area (Å²) in [6.45, 7) is 1.69. The van der Waals surface area contributed by atoms with Gasteiger partial charge in [-0.25, -0.2) is 4.68 Å². The first-order chi connectivity index (χ1) is 14.0. The van der Waals surface area contributed by atoms with Gasteiger partial charge in [0.25, 0.3) is 0 Å². The van der Waals surface area contributed by atoms with Crippen LogP contribution in [0.15, 0.2) is 24.4 Å². The number of hydrogen-bond donors (Lipinski definition) is 4. The van der Waals surface area contributed by atoms with Gasteiger partial charge in [-0.1, -0.05) is 24.6 Å². The molecule has 10 heteroatoms. The second-order valence-corrected chi connectivity index (χ2v) is 6.93. The van der Waals surface area contributed by atoms with Crippen molar-refractivity contribution in [2.75, 3.05) is 13.7 Å². The Morgan fingerprint density at radius 2 is 1.93 bits per heavy atom. The minimum atomic E-state index is -1.49. The predicted octanol–water partition coefficient (Wildman–Crippen LogP) is -0.209. The van der Waals surface area contributed by atoms with E-state index >= 15 is 0 Å². The standard InChI is InChI=1S/C19H27N3O7/c1-3-4-11-5-6-13(14(7-11)27-2)28-10-12-8-22(21-20-12)19-18(26)17(25)16(24)15(9-23)29-19/h5-8,15-19,23-26H,3-4,9-10H2,1-2H3/t15-,16+,17+,18+,19-/m1/s1. The lowest BCUT2D eigenvalue weighted by molar-refractivity contribution is -0.254. The van der Waals surface area contributed by atoms with Gasteiger partial charge in [0.1, 0.15) is 36.7 Å². The van der Waals surface area contributed by atoms with Gasteiger partial charge in [0.05, 0.1) is 19.9 Å². The third-order valence-electron chi connectivity index (χ3n) is 4.83. The lowest BCUT2D eigenvalue weighted by Crippen LogP contribution is -2.56. The molecule has 2 aromatic rings. The van der Waals surface area contributed by atoms with Crippen LogP contribution in [0.2, 0.25) is 0 Å². The summed E-state index contributed by atoms with van der Waals surface area (Å²) >= 11 is 0. The fourth-order valence-corrected chi connectivity index (χ4v) is 3.23. The maximum absolute atomic E-state index is 10.2. The van der Waals surface area contributed by atoms with Crippen LogP contribution in [-0.2, 0) is 17.8 Å². The number of rotatable bonds is 8. The highest BCUT2D eigenvalue weighted by Crippen LogP contribution is 2.30. The van der Waals surface area contributed by atoms with Crippen molar-refractivity contribution in [1.82, 2.24) is 15.0 Å². The molecule has 0 saturated carbocycles. The Morgan fingerprint density at radius 1 is 1.14 bits per heavy atom. The first-order valence-corrected chi connectivity index (χ1v) is 9.49. The monoisotopic (exact) mass is 409 g/mol. The molecule has 2 heterocycles. The number of aliphatic hydroxyl groups is 4. The molecule has 0 radical (unpaired) electrons. The molecule has 0 unspecified atom stereocenters. The van der Waals surface area contributed by atoms with E-state index in [0.717, 1.165) is 18.4 Å². The maximum atomic E-state index is 10.2. The molecule has 5 atom stereocenters. The molecule has 1 fully saturated rings. The predicted molar refractivity (Wildman–Crippen MR) is 100 cm³/mol. The minimum Gasteiger partial charge on any atom is -0.493 e. The summed E-state index contributed by atoms with van der Waals surface area (Å²) in [5.74, 6) is 1.19. The van der Waals surface area contributed by atoms with E-state index in [9.17, 15) is 20.4 Å². The van der Waals surface area contributed by atoms with Crippen molar-refractivity contribution in [1.29, 1.82) is 0 Å². The number of methoxy groups -OCH3 is 1. The Hall–Kier alpha value is -2.24. The van der Waals surface area contributed by atoms with E-state index in [-0.39, 0.29) is 6.61 Å². The van der Waals surface area contributed by atoms with Crippen molar-refractivity contribution in [2.24, 2.45) is 0 Å². The molecule has 1 saturated heterocycles. The number of ether oxygens (including phenoxy) is 3. The van der Waals surface area contributed by atoms with Crippen LogP contribution in [0.5, 0.6) is 11.5 Å². The van der Waals surface area contributed by atoms with E-state index in [1.807, 2.05) is 18.2 Å². The molecule has 0 spiro atoms. The van der Waals surface area contributed by atoms with Gasteiger partial charge in [-0.05, 0) is 24.1 Å². The summed E-state index contributed by atoms with van der Waals surface area (Å²) in [7, 11) is 1.58. The second kappa shape index (κ2) is 9.51. The molecule has 0 bridgehead atoms. The van der Waals surface area contributed by atoms with E-state index in [4.69, 9.17) is 14.2 Å². The molecule has 1 aromatic carbocycles. The first kappa shape index (κ1) is 21.5. The number of aromatic nitrogens is 3. The summed E-state index contributed by atoms with van der Waals surface area (Å²) in [6, 6.07) is 5.75. The van der Waals surface area contributed by atoms with Crippen LogP contribution in [0.3, 0.4) is 0 Å². The quantitative estimate of drug-likeness (QED) is 0.466. The Kier molecular flexibility index (Phi) is 7.04. The molecule has 0 amide bonds. The highest BCUT2D eigenvalue weighted by molar-refractivity contribution is 5.43. The lowest BCUT2D eigenvalue weighted by atomic mass is 9.98. The molecule has 1 aliphatic rings. The van der Waals surface area contributed by atoms with Gasteiger partial charge in [0.2, 0.25) is 0 Å². The number of benzene rings is 1. The zero-order valence-electron chi connectivity index (χ0n) is 16.4. The Bertz CT molecular complexity index is 798. The van der Waals surface area contributed by atoms with Gasteiger partial charge in [-0.15, -0.1) is 5.10 Å². The van der Waals surface area contributed by atoms with E-state index in [0.29, 0.717) is 17.2 Å². The zero-order chi connectivity index (χ0) is 21.0. The summed E-state index contributed by atoms with van der Waals surface area (Å²) in [5, 5.41) is 47.1. The molecular formula is C19H27N3O7. The highest BCUT2D eigenvalue weighted by Gasteiger charge is 2.44. The summed E-state index contributed by atoms with van der Waals surface area (Å²) in [6.07, 6.45) is -2.99. The summed E-state index contributed by atoms with van der Waals surface area (Å²) in [5.41, 5.74) is 1.62. The van der Waals surface area contributed by atoms with Gasteiger partial charge in [-0.2, -0.15) is 0 Å². The SMILES string of the molecule is CCCc1ccc(OCc2cn([C@@H]3O[C@H](CO)[C@H](O)[C@H](O)[C@@H]3O)nn2)c(OC)c1. The molecule has 1 aromatic heterocycles. The van der Waals surface area contributed by atoms with E-state index in [1.165, 1.54) is 10.9 Å². The van der Waals surface area contributed by atoms with Crippen LogP contribution >= 0.6 is 0 Å². The topological polar surface area (TPSA) is 139 Å². The molecule has 29 heavy (non-hydrogen) atoms. The van der Waals surface area contributed by atoms with Crippen molar-refractivity contribution in [2.45, 2.75) is 57.0 Å². The average Bonchev–Trinajstić information content (AvgIpc) is 3.20. The molecule has 0 aliphatic carbocycles. The van der Waals surface area contributed by atoms with Gasteiger partial charge in [0, 0.05) is 0 Å². The number of hydrogen-bond acceptors (Lipinski definition) is 9. The average molecular weight is 409 g/mol. The highest BCUT2D eigenvalue weighted by atomic mass is 16.6. The maximum Gasteiger partial charge on any atom is 0.180 e. The van der Waals surface area contributed by atoms with Gasteiger partial charge in [0.15, 0.2) is 17.7 Å². The Morgan fingerprint density at radius 3 is 2.62 bits per heavy atom. The van der Waals surface area contributed by atoms with Crippen molar-refractivity contribution in [3.05, 3.63) is 35.7 Å². The summed E-state index contributed by atoms with van der Waals surface area (Å²) < 4.78 is 17.8. The van der Waals surface area contributed by atoms with E-state index < -0.39 is 37.3 Å². The molecule has 10 nitrogen and oxygen atoms in total. The van der Waals surface area contributed by atoms with Gasteiger partial charge in [-0.3, -0.25) is 0 Å². The van der Waals surface area contributed by atoms with Crippen molar-refractivity contribution in [3.63, 3.8) is 0 Å². The molecule has 3 rings (SSSR count). The fourth-order valence-electron chi connectivity index (χ4n) is 3.23. The smallest absolute Gasteiger partial charge is 0.180 e. The number of aryl methyl sites for hydroxylation is 1. The first-order valence-electron chi connectivity index (χ1n) is 9.49. The second-order valence-electron chi connectivity index (χ2n) is 6.93. The largest absolute Gasteiger partial charge is 0.493 e. The van der Waals surface area contributed by atoms with Crippen LogP contribution in [-0.4, -0.2) is 73.6 Å². The number of nitrogens with zero attached hydrogens (tertiary/aromatic N) is 3. The fraction of sp³-hybridized carbons (Fsp3) is 0.579. The Labute approximate surface area is 168 Å². The van der Waals surface area contributed by atoms with Crippen LogP contribution in [0, 0.1) is 0 Å². The van der Waals surface area contributed by atoms with Crippen LogP contribution in [0.25, 0.3) is 0 Å². The molecule has 160 valence electrons. The van der Waals surface area contributed by atoms with Crippen molar-refractivity contribution in [3.8, 4) is 11.5 Å². The normalized spacial score (nSPS) is 27.0. The minimum absolute atomic E-state index is 0.0981.